The van der Waals surface area contributed by atoms with Gasteiger partial charge < -0.3 is 40.3 Å². The summed E-state index contributed by atoms with van der Waals surface area (Å²) in [6.45, 7) is 3.03. The third-order valence-electron chi connectivity index (χ3n) is 11.8. The van der Waals surface area contributed by atoms with Crippen molar-refractivity contribution in [2.45, 2.75) is 255 Å². The van der Waals surface area contributed by atoms with E-state index in [2.05, 4.69) is 40.7 Å². The molecule has 0 aromatic rings. The van der Waals surface area contributed by atoms with E-state index in [4.69, 9.17) is 14.0 Å². The Morgan fingerprint density at radius 3 is 1.59 bits per heavy atom. The summed E-state index contributed by atoms with van der Waals surface area (Å²) in [6.07, 6.45) is 36.4. The summed E-state index contributed by atoms with van der Waals surface area (Å²) in [5, 5.41) is 54.6. The standard InChI is InChI=1S/C49H91NO12S/c1-3-5-7-9-10-11-12-13-14-15-16-17-18-19-20-21-22-23-24-25-26-27-28-29-30-31-32-33-34-36-38-43(53)48(56)50-41(42(52)37-35-8-6-4-2)40-60-49-46(55)47(62-63(57,58)59)45(54)44(39-51)61-49/h16-17,19-20,35,37,41-47,49,51-55H,3-15,18,21-34,36,38-40H2,1-2H3,(H,50,56)(H,57,58,59)/b17-16-,20-19-,37-35+. The summed E-state index contributed by atoms with van der Waals surface area (Å²) in [5.74, 6) is -0.712. The minimum Gasteiger partial charge on any atom is -0.394 e. The molecule has 0 aliphatic carbocycles. The molecule has 1 aliphatic heterocycles. The Bertz CT molecular complexity index is 1280. The average Bonchev–Trinajstić information content (AvgIpc) is 3.25. The highest BCUT2D eigenvalue weighted by Gasteiger charge is 2.48. The Kier molecular flexibility index (Phi) is 37.1. The molecule has 1 rings (SSSR count). The van der Waals surface area contributed by atoms with Crippen LogP contribution in [0.3, 0.4) is 0 Å². The molecule has 14 heteroatoms. The van der Waals surface area contributed by atoms with Crippen LogP contribution in [0.4, 0.5) is 0 Å². The van der Waals surface area contributed by atoms with Crippen LogP contribution in [0.25, 0.3) is 0 Å². The topological polar surface area (TPSA) is 212 Å². The van der Waals surface area contributed by atoms with Crippen molar-refractivity contribution >= 4 is 16.3 Å². The van der Waals surface area contributed by atoms with Gasteiger partial charge in [-0.15, -0.1) is 0 Å². The Balaban J connectivity index is 2.18. The van der Waals surface area contributed by atoms with Crippen molar-refractivity contribution in [1.29, 1.82) is 0 Å². The predicted molar refractivity (Wildman–Crippen MR) is 251 cm³/mol. The first kappa shape index (κ1) is 59.3. The highest BCUT2D eigenvalue weighted by atomic mass is 32.3. The quantitative estimate of drug-likeness (QED) is 0.0174. The number of aliphatic hydroxyl groups excluding tert-OH is 5. The van der Waals surface area contributed by atoms with Gasteiger partial charge in [0.1, 0.15) is 30.5 Å². The van der Waals surface area contributed by atoms with Crippen molar-refractivity contribution in [2.24, 2.45) is 0 Å². The van der Waals surface area contributed by atoms with E-state index in [0.29, 0.717) is 12.8 Å². The molecule has 370 valence electrons. The largest absolute Gasteiger partial charge is 0.397 e. The fraction of sp³-hybridized carbons (Fsp3) is 0.857. The number of hydrogen-bond acceptors (Lipinski definition) is 11. The number of hydrogen-bond donors (Lipinski definition) is 7. The number of allylic oxidation sites excluding steroid dienone is 5. The Labute approximate surface area is 382 Å². The van der Waals surface area contributed by atoms with Gasteiger partial charge in [0.05, 0.1) is 25.4 Å². The molecule has 0 bridgehead atoms. The number of ether oxygens (including phenoxy) is 2. The van der Waals surface area contributed by atoms with Gasteiger partial charge in [0.2, 0.25) is 5.91 Å². The molecule has 1 amide bonds. The summed E-state index contributed by atoms with van der Waals surface area (Å²) in [6, 6.07) is -1.12. The van der Waals surface area contributed by atoms with Crippen LogP contribution in [0.5, 0.6) is 0 Å². The molecule has 63 heavy (non-hydrogen) atoms. The average molecular weight is 918 g/mol. The predicted octanol–water partition coefficient (Wildman–Crippen LogP) is 9.25. The van der Waals surface area contributed by atoms with Crippen LogP contribution in [-0.2, 0) is 28.9 Å². The van der Waals surface area contributed by atoms with E-state index in [1.54, 1.807) is 6.08 Å². The van der Waals surface area contributed by atoms with Gasteiger partial charge in [-0.1, -0.05) is 198 Å². The molecule has 0 saturated carbocycles. The first-order chi connectivity index (χ1) is 30.4. The molecule has 7 N–H and O–H groups in total. The molecule has 1 fully saturated rings. The summed E-state index contributed by atoms with van der Waals surface area (Å²) < 4.78 is 47.1. The second-order valence-electron chi connectivity index (χ2n) is 17.5. The fourth-order valence-corrected chi connectivity index (χ4v) is 8.28. The van der Waals surface area contributed by atoms with E-state index in [-0.39, 0.29) is 6.42 Å². The smallest absolute Gasteiger partial charge is 0.394 e. The van der Waals surface area contributed by atoms with Gasteiger partial charge in [0.15, 0.2) is 6.29 Å². The third kappa shape index (κ3) is 31.8. The minimum absolute atomic E-state index is 0.241. The SMILES string of the molecule is CCCC/C=C/C(O)C(COC1OC(CO)C(O)C(OS(=O)(=O)O)C1O)NC(=O)C(O)CCCCCCCCCCCCCCCC/C=C\C/C=C\CCCCCCCCCCC. The van der Waals surface area contributed by atoms with E-state index in [1.807, 2.05) is 6.92 Å². The van der Waals surface area contributed by atoms with Crippen LogP contribution in [0.2, 0.25) is 0 Å². The van der Waals surface area contributed by atoms with Crippen LogP contribution in [0.15, 0.2) is 36.5 Å². The summed E-state index contributed by atoms with van der Waals surface area (Å²) in [4.78, 5) is 13.0. The summed E-state index contributed by atoms with van der Waals surface area (Å²) >= 11 is 0. The van der Waals surface area contributed by atoms with Crippen LogP contribution in [0, 0.1) is 0 Å². The lowest BCUT2D eigenvalue weighted by atomic mass is 9.99. The molecule has 0 spiro atoms. The maximum atomic E-state index is 13.0. The van der Waals surface area contributed by atoms with E-state index in [0.717, 1.165) is 38.5 Å². The number of aliphatic hydroxyl groups is 5. The number of unbranched alkanes of at least 4 members (excludes halogenated alkanes) is 25. The zero-order valence-corrected chi connectivity index (χ0v) is 40.1. The van der Waals surface area contributed by atoms with Gasteiger partial charge in [-0.05, 0) is 44.9 Å². The maximum absolute atomic E-state index is 13.0. The Hall–Kier alpha value is -1.72. The van der Waals surface area contributed by atoms with Crippen molar-refractivity contribution < 1.29 is 57.0 Å². The normalized spacial score (nSPS) is 21.2. The van der Waals surface area contributed by atoms with Gasteiger partial charge >= 0.3 is 10.4 Å². The lowest BCUT2D eigenvalue weighted by Crippen LogP contribution is -2.61. The monoisotopic (exact) mass is 918 g/mol. The molecule has 0 radical (unpaired) electrons. The van der Waals surface area contributed by atoms with Crippen molar-refractivity contribution in [3.63, 3.8) is 0 Å². The number of carbonyl (C=O) groups excluding carboxylic acids is 1. The lowest BCUT2D eigenvalue weighted by Gasteiger charge is -2.41. The van der Waals surface area contributed by atoms with Crippen LogP contribution in [-0.4, -0.2) is 107 Å². The molecule has 0 aromatic carbocycles. The van der Waals surface area contributed by atoms with E-state index in [1.165, 1.54) is 141 Å². The van der Waals surface area contributed by atoms with Crippen LogP contribution >= 0.6 is 0 Å². The van der Waals surface area contributed by atoms with Gasteiger partial charge in [-0.25, -0.2) is 4.18 Å². The summed E-state index contributed by atoms with van der Waals surface area (Å²) in [5.41, 5.74) is 0. The number of rotatable bonds is 42. The van der Waals surface area contributed by atoms with Gasteiger partial charge in [-0.3, -0.25) is 9.35 Å². The van der Waals surface area contributed by atoms with Crippen molar-refractivity contribution in [1.82, 2.24) is 5.32 Å². The number of amides is 1. The van der Waals surface area contributed by atoms with Gasteiger partial charge in [0.25, 0.3) is 0 Å². The molecule has 13 nitrogen and oxygen atoms in total. The highest BCUT2D eigenvalue weighted by molar-refractivity contribution is 7.80. The molecule has 1 saturated heterocycles. The molecule has 0 aromatic heterocycles. The first-order valence-electron chi connectivity index (χ1n) is 25.0. The second kappa shape index (κ2) is 39.4. The number of nitrogens with one attached hydrogen (secondary N) is 1. The molecule has 1 aliphatic rings. The molecule has 8 atom stereocenters. The van der Waals surface area contributed by atoms with Gasteiger partial charge in [-0.2, -0.15) is 8.42 Å². The maximum Gasteiger partial charge on any atom is 0.397 e. The zero-order valence-electron chi connectivity index (χ0n) is 39.3. The number of carbonyl (C=O) groups is 1. The van der Waals surface area contributed by atoms with Crippen molar-refractivity contribution in [3.05, 3.63) is 36.5 Å². The van der Waals surface area contributed by atoms with Crippen LogP contribution in [0.1, 0.15) is 206 Å². The van der Waals surface area contributed by atoms with E-state index in [9.17, 15) is 38.7 Å². The third-order valence-corrected chi connectivity index (χ3v) is 12.2. The minimum atomic E-state index is -5.11. The van der Waals surface area contributed by atoms with Crippen molar-refractivity contribution in [2.75, 3.05) is 13.2 Å². The van der Waals surface area contributed by atoms with E-state index < -0.39 is 78.5 Å². The highest BCUT2D eigenvalue weighted by Crippen LogP contribution is 2.26. The molecule has 8 unspecified atom stereocenters. The molecular weight excluding hydrogens is 827 g/mol. The fourth-order valence-electron chi connectivity index (χ4n) is 7.77. The first-order valence-corrected chi connectivity index (χ1v) is 26.3. The van der Waals surface area contributed by atoms with Gasteiger partial charge in [0, 0.05) is 0 Å². The molecule has 1 heterocycles. The molecular formula is C49H91NO12S. The Morgan fingerprint density at radius 1 is 0.651 bits per heavy atom. The lowest BCUT2D eigenvalue weighted by molar-refractivity contribution is -0.298. The Morgan fingerprint density at radius 2 is 1.11 bits per heavy atom. The second-order valence-corrected chi connectivity index (χ2v) is 18.6. The van der Waals surface area contributed by atoms with Crippen molar-refractivity contribution in [3.8, 4) is 0 Å². The van der Waals surface area contributed by atoms with Crippen LogP contribution < -0.4 is 5.32 Å². The zero-order chi connectivity index (χ0) is 46.4. The summed E-state index contributed by atoms with van der Waals surface area (Å²) in [7, 11) is -5.11. The van der Waals surface area contributed by atoms with E-state index >= 15 is 0 Å².